The summed E-state index contributed by atoms with van der Waals surface area (Å²) in [5.74, 6) is 0.0558. The topological polar surface area (TPSA) is 65.0 Å². The van der Waals surface area contributed by atoms with Gasteiger partial charge in [-0.3, -0.25) is 0 Å². The van der Waals surface area contributed by atoms with Crippen molar-refractivity contribution in [1.82, 2.24) is 15.1 Å². The van der Waals surface area contributed by atoms with Crippen LogP contribution in [0.2, 0.25) is 0 Å². The van der Waals surface area contributed by atoms with Crippen molar-refractivity contribution < 1.29 is 26.5 Å². The van der Waals surface area contributed by atoms with E-state index in [1.807, 2.05) is 0 Å². The summed E-state index contributed by atoms with van der Waals surface area (Å²) in [4.78, 5) is 8.10. The molecule has 0 amide bonds. The molecule has 0 bridgehead atoms. The Morgan fingerprint density at radius 1 is 1.04 bits per heavy atom. The third kappa shape index (κ3) is 4.18. The van der Waals surface area contributed by atoms with E-state index < -0.39 is 12.6 Å². The summed E-state index contributed by atoms with van der Waals surface area (Å²) in [6.07, 6.45) is -4.11. The average Bonchev–Trinajstić information content (AvgIpc) is 3.15. The molecule has 0 spiro atoms. The molecule has 2 heterocycles. The van der Waals surface area contributed by atoms with Gasteiger partial charge < -0.3 is 8.94 Å². The van der Waals surface area contributed by atoms with Gasteiger partial charge in [-0.1, -0.05) is 5.16 Å². The van der Waals surface area contributed by atoms with Crippen LogP contribution >= 0.6 is 0 Å². The molecule has 3 aromatic rings. The Bertz CT molecular complexity index is 809. The number of nitrogens with zero attached hydrogens (tertiary/aromatic N) is 3. The molecule has 0 aliphatic carbocycles. The van der Waals surface area contributed by atoms with E-state index in [9.17, 15) is 17.6 Å². The third-order valence-corrected chi connectivity index (χ3v) is 3.12. The molecule has 0 unspecified atom stereocenters. The van der Waals surface area contributed by atoms with Crippen LogP contribution in [0.4, 0.5) is 17.6 Å². The number of rotatable bonds is 5. The summed E-state index contributed by atoms with van der Waals surface area (Å²) < 4.78 is 59.5. The zero-order valence-corrected chi connectivity index (χ0v) is 12.2. The summed E-state index contributed by atoms with van der Waals surface area (Å²) in [5, 5.41) is 3.50. The minimum absolute atomic E-state index is 0.00965. The Morgan fingerprint density at radius 2 is 1.79 bits per heavy atom. The van der Waals surface area contributed by atoms with Crippen molar-refractivity contribution in [3.05, 3.63) is 53.8 Å². The van der Waals surface area contributed by atoms with Crippen LogP contribution in [0.15, 0.2) is 39.5 Å². The van der Waals surface area contributed by atoms with Crippen LogP contribution in [0.5, 0.6) is 0 Å². The van der Waals surface area contributed by atoms with Crippen LogP contribution in [0.3, 0.4) is 0 Å². The summed E-state index contributed by atoms with van der Waals surface area (Å²) in [7, 11) is 0. The number of halogens is 4. The Balaban J connectivity index is 1.65. The van der Waals surface area contributed by atoms with Crippen molar-refractivity contribution >= 4 is 0 Å². The van der Waals surface area contributed by atoms with Gasteiger partial charge in [-0.25, -0.2) is 9.37 Å². The maximum atomic E-state index is 12.9. The van der Waals surface area contributed by atoms with Gasteiger partial charge in [-0.2, -0.15) is 18.2 Å². The van der Waals surface area contributed by atoms with Crippen LogP contribution in [-0.2, 0) is 12.8 Å². The fourth-order valence-corrected chi connectivity index (χ4v) is 1.99. The minimum atomic E-state index is -4.27. The quantitative estimate of drug-likeness (QED) is 0.658. The normalized spacial score (nSPS) is 11.8. The smallest absolute Gasteiger partial charge is 0.389 e. The second kappa shape index (κ2) is 6.42. The van der Waals surface area contributed by atoms with Gasteiger partial charge in [-0.05, 0) is 24.3 Å². The lowest BCUT2D eigenvalue weighted by molar-refractivity contribution is -0.134. The van der Waals surface area contributed by atoms with Crippen molar-refractivity contribution in [2.75, 3.05) is 0 Å². The SMILES string of the molecule is Fc1ccc(-c2nc(Cc3nc(CCC(F)(F)F)no3)co2)cc1. The highest BCUT2D eigenvalue weighted by atomic mass is 19.4. The maximum Gasteiger partial charge on any atom is 0.389 e. The minimum Gasteiger partial charge on any atom is -0.444 e. The van der Waals surface area contributed by atoms with Crippen molar-refractivity contribution in [2.24, 2.45) is 0 Å². The van der Waals surface area contributed by atoms with E-state index in [1.165, 1.54) is 30.5 Å². The number of hydrogen-bond acceptors (Lipinski definition) is 5. The third-order valence-electron chi connectivity index (χ3n) is 3.12. The Labute approximate surface area is 133 Å². The van der Waals surface area contributed by atoms with Gasteiger partial charge in [0.1, 0.15) is 12.1 Å². The van der Waals surface area contributed by atoms with Crippen molar-refractivity contribution in [2.45, 2.75) is 25.4 Å². The van der Waals surface area contributed by atoms with Crippen LogP contribution in [-0.4, -0.2) is 21.3 Å². The molecule has 0 saturated carbocycles. The number of oxazole rings is 1. The fourth-order valence-electron chi connectivity index (χ4n) is 1.99. The molecule has 1 aromatic carbocycles. The molecule has 5 nitrogen and oxygen atoms in total. The molecule has 0 atom stereocenters. The second-order valence-electron chi connectivity index (χ2n) is 5.05. The number of alkyl halides is 3. The van der Waals surface area contributed by atoms with Gasteiger partial charge in [0, 0.05) is 12.0 Å². The first-order valence-electron chi connectivity index (χ1n) is 6.97. The predicted octanol–water partition coefficient (Wildman–Crippen LogP) is 3.95. The zero-order chi connectivity index (χ0) is 17.2. The Kier molecular flexibility index (Phi) is 4.32. The average molecular weight is 341 g/mol. The van der Waals surface area contributed by atoms with Crippen LogP contribution < -0.4 is 0 Å². The van der Waals surface area contributed by atoms with E-state index in [0.717, 1.165) is 0 Å². The van der Waals surface area contributed by atoms with Gasteiger partial charge in [0.05, 0.1) is 18.5 Å². The van der Waals surface area contributed by atoms with E-state index >= 15 is 0 Å². The van der Waals surface area contributed by atoms with Gasteiger partial charge in [0.15, 0.2) is 5.82 Å². The fraction of sp³-hybridized carbons (Fsp3) is 0.267. The highest BCUT2D eigenvalue weighted by Crippen LogP contribution is 2.22. The number of aromatic nitrogens is 3. The summed E-state index contributed by atoms with van der Waals surface area (Å²) in [6.45, 7) is 0. The first-order chi connectivity index (χ1) is 11.4. The zero-order valence-electron chi connectivity index (χ0n) is 12.2. The highest BCUT2D eigenvalue weighted by Gasteiger charge is 2.27. The van der Waals surface area contributed by atoms with Crippen molar-refractivity contribution in [3.63, 3.8) is 0 Å². The number of aryl methyl sites for hydroxylation is 1. The molecule has 0 aliphatic rings. The van der Waals surface area contributed by atoms with E-state index in [2.05, 4.69) is 15.1 Å². The highest BCUT2D eigenvalue weighted by molar-refractivity contribution is 5.52. The van der Waals surface area contributed by atoms with Crippen molar-refractivity contribution in [3.8, 4) is 11.5 Å². The molecule has 0 saturated heterocycles. The van der Waals surface area contributed by atoms with Crippen LogP contribution in [0.25, 0.3) is 11.5 Å². The molecule has 0 radical (unpaired) electrons. The number of benzene rings is 1. The molecular formula is C15H11F4N3O2. The molecule has 2 aromatic heterocycles. The molecule has 0 aliphatic heterocycles. The van der Waals surface area contributed by atoms with E-state index in [4.69, 9.17) is 8.94 Å². The lowest BCUT2D eigenvalue weighted by Gasteiger charge is -2.01. The first kappa shape index (κ1) is 16.2. The predicted molar refractivity (Wildman–Crippen MR) is 73.4 cm³/mol. The molecule has 9 heteroatoms. The van der Waals surface area contributed by atoms with E-state index in [0.29, 0.717) is 17.1 Å². The van der Waals surface area contributed by atoms with Crippen LogP contribution in [0.1, 0.15) is 23.8 Å². The Morgan fingerprint density at radius 3 is 2.50 bits per heavy atom. The summed E-state index contributed by atoms with van der Waals surface area (Å²) >= 11 is 0. The van der Waals surface area contributed by atoms with E-state index in [-0.39, 0.29) is 30.4 Å². The largest absolute Gasteiger partial charge is 0.444 e. The molecule has 24 heavy (non-hydrogen) atoms. The lowest BCUT2D eigenvalue weighted by Crippen LogP contribution is -2.09. The van der Waals surface area contributed by atoms with Crippen LogP contribution in [0, 0.1) is 5.82 Å². The van der Waals surface area contributed by atoms with E-state index in [1.54, 1.807) is 0 Å². The monoisotopic (exact) mass is 341 g/mol. The molecule has 3 rings (SSSR count). The molecule has 0 N–H and O–H groups in total. The van der Waals surface area contributed by atoms with Gasteiger partial charge in [0.25, 0.3) is 0 Å². The van der Waals surface area contributed by atoms with Gasteiger partial charge in [0.2, 0.25) is 11.8 Å². The van der Waals surface area contributed by atoms with Gasteiger partial charge >= 0.3 is 6.18 Å². The molecule has 0 fully saturated rings. The Hall–Kier alpha value is -2.71. The molecular weight excluding hydrogens is 330 g/mol. The number of hydrogen-bond donors (Lipinski definition) is 0. The lowest BCUT2D eigenvalue weighted by atomic mass is 10.2. The first-order valence-corrected chi connectivity index (χ1v) is 6.97. The molecule has 126 valence electrons. The van der Waals surface area contributed by atoms with Gasteiger partial charge in [-0.15, -0.1) is 0 Å². The maximum absolute atomic E-state index is 12.9. The van der Waals surface area contributed by atoms with Crippen molar-refractivity contribution in [1.29, 1.82) is 0 Å². The second-order valence-corrected chi connectivity index (χ2v) is 5.05. The summed E-state index contributed by atoms with van der Waals surface area (Å²) in [6, 6.07) is 5.61. The standard InChI is InChI=1S/C15H11F4N3O2/c16-10-3-1-9(2-4-10)14-20-11(8-23-14)7-13-21-12(22-24-13)5-6-15(17,18)19/h1-4,8H,5-7H2. The summed E-state index contributed by atoms with van der Waals surface area (Å²) in [5.41, 5.74) is 1.07.